The highest BCUT2D eigenvalue weighted by Crippen LogP contribution is 2.41. The summed E-state index contributed by atoms with van der Waals surface area (Å²) in [5.41, 5.74) is -1.95. The second kappa shape index (κ2) is 6.29. The van der Waals surface area contributed by atoms with Crippen molar-refractivity contribution < 1.29 is 30.9 Å². The molecule has 0 saturated carbocycles. The summed E-state index contributed by atoms with van der Waals surface area (Å²) in [7, 11) is -5.21. The number of nitrogens with one attached hydrogen (secondary N) is 1. The minimum atomic E-state index is -5.21. The summed E-state index contributed by atoms with van der Waals surface area (Å²) < 4.78 is 68.9. The predicted octanol–water partition coefficient (Wildman–Crippen LogP) is 3.46. The summed E-state index contributed by atoms with van der Waals surface area (Å²) in [4.78, 5) is 8.33. The van der Waals surface area contributed by atoms with Crippen LogP contribution in [0.3, 0.4) is 0 Å². The molecule has 0 bridgehead atoms. The van der Waals surface area contributed by atoms with E-state index < -0.39 is 42.0 Å². The lowest BCUT2D eigenvalue weighted by molar-refractivity contribution is -0.140. The van der Waals surface area contributed by atoms with E-state index >= 15 is 0 Å². The first-order valence-corrected chi connectivity index (χ1v) is 7.92. The van der Waals surface area contributed by atoms with Gasteiger partial charge in [0.1, 0.15) is 4.90 Å². The number of hydrogen-bond donors (Lipinski definition) is 2. The maximum absolute atomic E-state index is 12.8. The average molecular weight is 431 g/mol. The van der Waals surface area contributed by atoms with Crippen molar-refractivity contribution in [1.82, 2.24) is 0 Å². The Morgan fingerprint density at radius 1 is 1.33 bits per heavy atom. The SMILES string of the molecule is O=C(Nc1ccc(C(F)(F)F)c(S(=O)(=O)O)c1Br)C(Cl)Cl. The van der Waals surface area contributed by atoms with Crippen LogP contribution in [0.5, 0.6) is 0 Å². The first-order chi connectivity index (χ1) is 9.35. The second-order valence-electron chi connectivity index (χ2n) is 3.57. The Kier molecular flexibility index (Phi) is 5.54. The molecule has 0 aromatic heterocycles. The Bertz CT molecular complexity index is 678. The third-order valence-corrected chi connectivity index (χ3v) is 4.54. The molecule has 118 valence electrons. The van der Waals surface area contributed by atoms with Gasteiger partial charge in [0.2, 0.25) is 0 Å². The molecule has 1 rings (SSSR count). The van der Waals surface area contributed by atoms with Crippen molar-refractivity contribution in [2.24, 2.45) is 0 Å². The van der Waals surface area contributed by atoms with E-state index in [0.29, 0.717) is 6.07 Å². The number of alkyl halides is 5. The van der Waals surface area contributed by atoms with Crippen molar-refractivity contribution >= 4 is 60.8 Å². The Morgan fingerprint density at radius 3 is 2.24 bits per heavy atom. The lowest BCUT2D eigenvalue weighted by atomic mass is 10.2. The topological polar surface area (TPSA) is 83.5 Å². The zero-order chi connectivity index (χ0) is 16.6. The lowest BCUT2D eigenvalue weighted by Gasteiger charge is -2.15. The van der Waals surface area contributed by atoms with Crippen LogP contribution < -0.4 is 5.32 Å². The van der Waals surface area contributed by atoms with Gasteiger partial charge in [0, 0.05) is 0 Å². The number of amides is 1. The Balaban J connectivity index is 3.53. The third-order valence-electron chi connectivity index (χ3n) is 2.12. The number of anilines is 1. The minimum Gasteiger partial charge on any atom is -0.323 e. The molecule has 5 nitrogen and oxygen atoms in total. The van der Waals surface area contributed by atoms with Crippen LogP contribution in [0.2, 0.25) is 0 Å². The molecule has 2 N–H and O–H groups in total. The summed E-state index contributed by atoms with van der Waals surface area (Å²) in [6.07, 6.45) is -5.03. The molecule has 0 aliphatic rings. The van der Waals surface area contributed by atoms with Crippen molar-refractivity contribution in [3.8, 4) is 0 Å². The molecule has 1 aromatic carbocycles. The van der Waals surface area contributed by atoms with E-state index in [9.17, 15) is 26.4 Å². The molecule has 0 unspecified atom stereocenters. The molecule has 0 heterocycles. The fourth-order valence-electron chi connectivity index (χ4n) is 1.32. The third kappa shape index (κ3) is 4.46. The van der Waals surface area contributed by atoms with Gasteiger partial charge in [0.15, 0.2) is 4.84 Å². The highest BCUT2D eigenvalue weighted by atomic mass is 79.9. The fraction of sp³-hybridized carbons (Fsp3) is 0.222. The summed E-state index contributed by atoms with van der Waals surface area (Å²) in [6.45, 7) is 0. The second-order valence-corrected chi connectivity index (χ2v) is 6.81. The van der Waals surface area contributed by atoms with E-state index in [1.807, 2.05) is 5.32 Å². The Labute approximate surface area is 135 Å². The molecular formula is C9H5BrCl2F3NO4S. The number of carbonyl (C=O) groups excluding carboxylic acids is 1. The summed E-state index contributed by atoms with van der Waals surface area (Å²) in [5.74, 6) is -0.986. The van der Waals surface area contributed by atoms with Crippen molar-refractivity contribution in [2.45, 2.75) is 15.9 Å². The first kappa shape index (κ1) is 18.5. The molecule has 21 heavy (non-hydrogen) atoms. The molecule has 1 aromatic rings. The highest BCUT2D eigenvalue weighted by molar-refractivity contribution is 9.10. The average Bonchev–Trinajstić information content (AvgIpc) is 2.27. The first-order valence-electron chi connectivity index (χ1n) is 4.82. The van der Waals surface area contributed by atoms with E-state index in [1.165, 1.54) is 0 Å². The largest absolute Gasteiger partial charge is 0.417 e. The van der Waals surface area contributed by atoms with Gasteiger partial charge in [-0.05, 0) is 28.1 Å². The molecule has 1 amide bonds. The van der Waals surface area contributed by atoms with Crippen LogP contribution in [-0.4, -0.2) is 23.7 Å². The van der Waals surface area contributed by atoms with Gasteiger partial charge < -0.3 is 5.32 Å². The van der Waals surface area contributed by atoms with E-state index in [0.717, 1.165) is 6.07 Å². The molecule has 0 radical (unpaired) electrons. The number of rotatable bonds is 3. The molecule has 0 spiro atoms. The molecular weight excluding hydrogens is 426 g/mol. The van der Waals surface area contributed by atoms with Gasteiger partial charge in [-0.25, -0.2) is 0 Å². The van der Waals surface area contributed by atoms with E-state index in [-0.39, 0.29) is 5.69 Å². The maximum atomic E-state index is 12.8. The molecule has 0 atom stereocenters. The fourth-order valence-corrected chi connectivity index (χ4v) is 3.28. The van der Waals surface area contributed by atoms with Gasteiger partial charge in [-0.3, -0.25) is 9.35 Å². The molecule has 0 aliphatic heterocycles. The number of carbonyl (C=O) groups is 1. The smallest absolute Gasteiger partial charge is 0.323 e. The Hall–Kier alpha value is -0.550. The van der Waals surface area contributed by atoms with Crippen LogP contribution in [0, 0.1) is 0 Å². The molecule has 0 aliphatic carbocycles. The predicted molar refractivity (Wildman–Crippen MR) is 73.1 cm³/mol. The van der Waals surface area contributed by atoms with Crippen molar-refractivity contribution in [1.29, 1.82) is 0 Å². The zero-order valence-electron chi connectivity index (χ0n) is 9.58. The minimum absolute atomic E-state index is 0.355. The summed E-state index contributed by atoms with van der Waals surface area (Å²) >= 11 is 13.1. The molecule has 0 fully saturated rings. The van der Waals surface area contributed by atoms with Crippen LogP contribution >= 0.6 is 39.1 Å². The van der Waals surface area contributed by atoms with Gasteiger partial charge in [-0.2, -0.15) is 21.6 Å². The zero-order valence-corrected chi connectivity index (χ0v) is 13.5. The van der Waals surface area contributed by atoms with Crippen LogP contribution in [0.15, 0.2) is 21.5 Å². The quantitative estimate of drug-likeness (QED) is 0.568. The van der Waals surface area contributed by atoms with Gasteiger partial charge >= 0.3 is 6.18 Å². The van der Waals surface area contributed by atoms with Crippen LogP contribution in [-0.2, 0) is 21.1 Å². The summed E-state index contributed by atoms with van der Waals surface area (Å²) in [6, 6.07) is 1.18. The molecule has 0 saturated heterocycles. The summed E-state index contributed by atoms with van der Waals surface area (Å²) in [5, 5.41) is 2.01. The van der Waals surface area contributed by atoms with Gasteiger partial charge in [-0.1, -0.05) is 23.2 Å². The van der Waals surface area contributed by atoms with Crippen LogP contribution in [0.1, 0.15) is 5.56 Å². The van der Waals surface area contributed by atoms with Crippen molar-refractivity contribution in [2.75, 3.05) is 5.32 Å². The maximum Gasteiger partial charge on any atom is 0.417 e. The van der Waals surface area contributed by atoms with Crippen LogP contribution in [0.25, 0.3) is 0 Å². The van der Waals surface area contributed by atoms with E-state index in [1.54, 1.807) is 0 Å². The van der Waals surface area contributed by atoms with Gasteiger partial charge in [0.05, 0.1) is 15.7 Å². The van der Waals surface area contributed by atoms with Gasteiger partial charge in [0.25, 0.3) is 16.0 Å². The monoisotopic (exact) mass is 429 g/mol. The van der Waals surface area contributed by atoms with Crippen molar-refractivity contribution in [3.63, 3.8) is 0 Å². The van der Waals surface area contributed by atoms with Crippen molar-refractivity contribution in [3.05, 3.63) is 22.2 Å². The molecule has 12 heteroatoms. The van der Waals surface area contributed by atoms with E-state index in [4.69, 9.17) is 27.8 Å². The van der Waals surface area contributed by atoms with Crippen LogP contribution in [0.4, 0.5) is 18.9 Å². The standard InChI is InChI=1S/C9H5BrCl2F3NO4S/c10-5-4(16-8(17)7(11)12)2-1-3(9(13,14)15)6(5)21(18,19)20/h1-2,7H,(H,16,17)(H,18,19,20). The van der Waals surface area contributed by atoms with E-state index in [2.05, 4.69) is 15.9 Å². The number of hydrogen-bond acceptors (Lipinski definition) is 3. The van der Waals surface area contributed by atoms with Gasteiger partial charge in [-0.15, -0.1) is 0 Å². The normalized spacial score (nSPS) is 12.6. The number of halogens is 6. The highest BCUT2D eigenvalue weighted by Gasteiger charge is 2.39. The Morgan fingerprint density at radius 2 is 1.86 bits per heavy atom. The lowest BCUT2D eigenvalue weighted by Crippen LogP contribution is -2.20. The number of benzene rings is 1.